The molecule has 1 aromatic carbocycles. The Morgan fingerprint density at radius 1 is 1.27 bits per heavy atom. The van der Waals surface area contributed by atoms with Crippen molar-refractivity contribution in [1.82, 2.24) is 0 Å². The molecule has 2 nitrogen and oxygen atoms in total. The zero-order chi connectivity index (χ0) is 10.7. The summed E-state index contributed by atoms with van der Waals surface area (Å²) in [5, 5.41) is 0. The molecule has 3 heteroatoms. The highest BCUT2D eigenvalue weighted by atomic mass is 32.1. The third kappa shape index (κ3) is 2.48. The number of hydrogen-bond donors (Lipinski definition) is 1. The molecule has 0 amide bonds. The molecule has 0 spiro atoms. The first-order valence-electron chi connectivity index (χ1n) is 5.38. The van der Waals surface area contributed by atoms with Crippen LogP contribution in [0.15, 0.2) is 24.3 Å². The van der Waals surface area contributed by atoms with E-state index >= 15 is 0 Å². The van der Waals surface area contributed by atoms with E-state index in [2.05, 4.69) is 23.1 Å². The molecule has 0 aliphatic carbocycles. The predicted octanol–water partition coefficient (Wildman–Crippen LogP) is 2.12. The monoisotopic (exact) mass is 220 g/mol. The van der Waals surface area contributed by atoms with E-state index in [4.69, 9.17) is 18.0 Å². The van der Waals surface area contributed by atoms with Gasteiger partial charge in [-0.25, -0.2) is 0 Å². The first-order valence-corrected chi connectivity index (χ1v) is 5.79. The second-order valence-corrected chi connectivity index (χ2v) is 4.49. The SMILES string of the molecule is NC(=S)Cc1ccccc1N1CCCC1. The van der Waals surface area contributed by atoms with E-state index in [1.54, 1.807) is 0 Å². The molecule has 1 fully saturated rings. The van der Waals surface area contributed by atoms with Gasteiger partial charge in [-0.1, -0.05) is 30.4 Å². The van der Waals surface area contributed by atoms with Crippen molar-refractivity contribution in [2.45, 2.75) is 19.3 Å². The average molecular weight is 220 g/mol. The fourth-order valence-electron chi connectivity index (χ4n) is 2.11. The largest absolute Gasteiger partial charge is 0.393 e. The predicted molar refractivity (Wildman–Crippen MR) is 68.4 cm³/mol. The molecule has 0 atom stereocenters. The first kappa shape index (κ1) is 10.4. The quantitative estimate of drug-likeness (QED) is 0.791. The van der Waals surface area contributed by atoms with Crippen molar-refractivity contribution in [2.24, 2.45) is 5.73 Å². The number of thiocarbonyl (C=S) groups is 1. The Labute approximate surface area is 96.1 Å². The first-order chi connectivity index (χ1) is 7.27. The summed E-state index contributed by atoms with van der Waals surface area (Å²) < 4.78 is 0. The van der Waals surface area contributed by atoms with E-state index in [-0.39, 0.29) is 0 Å². The Balaban J connectivity index is 2.24. The van der Waals surface area contributed by atoms with Gasteiger partial charge in [0, 0.05) is 25.2 Å². The molecule has 2 N–H and O–H groups in total. The standard InChI is InChI=1S/C12H16N2S/c13-12(15)9-10-5-1-2-6-11(10)14-7-3-4-8-14/h1-2,5-6H,3-4,7-9H2,(H2,13,15). The van der Waals surface area contributed by atoms with E-state index in [9.17, 15) is 0 Å². The molecule has 15 heavy (non-hydrogen) atoms. The van der Waals surface area contributed by atoms with E-state index in [1.807, 2.05) is 6.07 Å². The Bertz CT molecular complexity index is 356. The van der Waals surface area contributed by atoms with Gasteiger partial charge in [-0.15, -0.1) is 0 Å². The van der Waals surface area contributed by atoms with Crippen LogP contribution in [0.1, 0.15) is 18.4 Å². The van der Waals surface area contributed by atoms with E-state index in [0.29, 0.717) is 11.4 Å². The minimum absolute atomic E-state index is 0.571. The number of rotatable bonds is 3. The molecule has 0 aromatic heterocycles. The van der Waals surface area contributed by atoms with Gasteiger partial charge >= 0.3 is 0 Å². The third-order valence-electron chi connectivity index (χ3n) is 2.80. The van der Waals surface area contributed by atoms with Crippen molar-refractivity contribution in [3.8, 4) is 0 Å². The van der Waals surface area contributed by atoms with Gasteiger partial charge in [0.15, 0.2) is 0 Å². The van der Waals surface area contributed by atoms with Crippen molar-refractivity contribution >= 4 is 22.9 Å². The fourth-order valence-corrected chi connectivity index (χ4v) is 2.27. The van der Waals surface area contributed by atoms with Crippen molar-refractivity contribution in [2.75, 3.05) is 18.0 Å². The summed E-state index contributed by atoms with van der Waals surface area (Å²) in [7, 11) is 0. The zero-order valence-electron chi connectivity index (χ0n) is 8.78. The number of benzene rings is 1. The molecule has 0 bridgehead atoms. The van der Waals surface area contributed by atoms with Gasteiger partial charge in [0.2, 0.25) is 0 Å². The van der Waals surface area contributed by atoms with E-state index < -0.39 is 0 Å². The van der Waals surface area contributed by atoms with Crippen LogP contribution in [0.4, 0.5) is 5.69 Å². The van der Waals surface area contributed by atoms with Crippen LogP contribution in [-0.4, -0.2) is 18.1 Å². The number of hydrogen-bond acceptors (Lipinski definition) is 2. The molecular formula is C12H16N2S. The molecule has 1 saturated heterocycles. The number of nitrogens with two attached hydrogens (primary N) is 1. The summed E-state index contributed by atoms with van der Waals surface area (Å²) >= 11 is 4.97. The van der Waals surface area contributed by atoms with Gasteiger partial charge in [0.1, 0.15) is 0 Å². The molecule has 1 aliphatic rings. The molecule has 2 rings (SSSR count). The van der Waals surface area contributed by atoms with Crippen LogP contribution in [0, 0.1) is 0 Å². The topological polar surface area (TPSA) is 29.3 Å². The Morgan fingerprint density at radius 3 is 2.60 bits per heavy atom. The second kappa shape index (κ2) is 4.62. The Morgan fingerprint density at radius 2 is 1.93 bits per heavy atom. The lowest BCUT2D eigenvalue weighted by molar-refractivity contribution is 0.949. The maximum absolute atomic E-state index is 5.60. The molecule has 0 unspecified atom stereocenters. The summed E-state index contributed by atoms with van der Waals surface area (Å²) in [5.74, 6) is 0. The molecule has 1 heterocycles. The van der Waals surface area contributed by atoms with Gasteiger partial charge in [0.05, 0.1) is 4.99 Å². The van der Waals surface area contributed by atoms with Crippen molar-refractivity contribution < 1.29 is 0 Å². The Kier molecular flexibility index (Phi) is 3.21. The molecular weight excluding hydrogens is 204 g/mol. The lowest BCUT2D eigenvalue weighted by atomic mass is 10.1. The summed E-state index contributed by atoms with van der Waals surface area (Å²) in [6.45, 7) is 2.32. The minimum Gasteiger partial charge on any atom is -0.393 e. The van der Waals surface area contributed by atoms with Gasteiger partial charge in [-0.05, 0) is 24.5 Å². The third-order valence-corrected chi connectivity index (χ3v) is 2.95. The molecule has 1 aromatic rings. The van der Waals surface area contributed by atoms with E-state index in [1.165, 1.54) is 24.1 Å². The number of nitrogens with zero attached hydrogens (tertiary/aromatic N) is 1. The van der Waals surface area contributed by atoms with Gasteiger partial charge < -0.3 is 10.6 Å². The lowest BCUT2D eigenvalue weighted by Gasteiger charge is -2.21. The van der Waals surface area contributed by atoms with E-state index in [0.717, 1.165) is 13.1 Å². The lowest BCUT2D eigenvalue weighted by Crippen LogP contribution is -2.21. The second-order valence-electron chi connectivity index (χ2n) is 3.97. The summed E-state index contributed by atoms with van der Waals surface area (Å²) in [6, 6.07) is 8.41. The van der Waals surface area contributed by atoms with Crippen LogP contribution in [-0.2, 0) is 6.42 Å². The van der Waals surface area contributed by atoms with Crippen LogP contribution in [0.2, 0.25) is 0 Å². The summed E-state index contributed by atoms with van der Waals surface area (Å²) in [5.41, 5.74) is 8.17. The van der Waals surface area contributed by atoms with Crippen molar-refractivity contribution in [3.05, 3.63) is 29.8 Å². The molecule has 0 saturated carbocycles. The Hall–Kier alpha value is -1.09. The van der Waals surface area contributed by atoms with Crippen LogP contribution < -0.4 is 10.6 Å². The summed E-state index contributed by atoms with van der Waals surface area (Å²) in [6.07, 6.45) is 3.30. The number of anilines is 1. The average Bonchev–Trinajstić information content (AvgIpc) is 2.70. The molecule has 1 aliphatic heterocycles. The molecule has 0 radical (unpaired) electrons. The highest BCUT2D eigenvalue weighted by Crippen LogP contribution is 2.24. The van der Waals surface area contributed by atoms with Gasteiger partial charge in [-0.3, -0.25) is 0 Å². The molecule has 80 valence electrons. The van der Waals surface area contributed by atoms with Gasteiger partial charge in [0.25, 0.3) is 0 Å². The highest BCUT2D eigenvalue weighted by molar-refractivity contribution is 7.80. The van der Waals surface area contributed by atoms with Crippen LogP contribution in [0.25, 0.3) is 0 Å². The van der Waals surface area contributed by atoms with Crippen molar-refractivity contribution in [1.29, 1.82) is 0 Å². The normalized spacial score (nSPS) is 15.6. The summed E-state index contributed by atoms with van der Waals surface area (Å²) in [4.78, 5) is 3.00. The maximum atomic E-state index is 5.60. The maximum Gasteiger partial charge on any atom is 0.0772 e. The van der Waals surface area contributed by atoms with Crippen LogP contribution in [0.5, 0.6) is 0 Å². The highest BCUT2D eigenvalue weighted by Gasteiger charge is 2.15. The van der Waals surface area contributed by atoms with Gasteiger partial charge in [-0.2, -0.15) is 0 Å². The van der Waals surface area contributed by atoms with Crippen molar-refractivity contribution in [3.63, 3.8) is 0 Å². The van der Waals surface area contributed by atoms with Crippen LogP contribution >= 0.6 is 12.2 Å². The zero-order valence-corrected chi connectivity index (χ0v) is 9.59. The minimum atomic E-state index is 0.571. The smallest absolute Gasteiger partial charge is 0.0772 e. The number of para-hydroxylation sites is 1. The fraction of sp³-hybridized carbons (Fsp3) is 0.417. The van der Waals surface area contributed by atoms with Crippen LogP contribution in [0.3, 0.4) is 0 Å².